The lowest BCUT2D eigenvalue weighted by Crippen LogP contribution is -2.09. The molecule has 0 spiro atoms. The van der Waals surface area contributed by atoms with Gasteiger partial charge < -0.3 is 4.90 Å². The molecule has 0 saturated carbocycles. The fraction of sp³-hybridized carbons (Fsp3) is 0. The molecule has 0 saturated heterocycles. The Labute approximate surface area is 358 Å². The molecule has 0 bridgehead atoms. The summed E-state index contributed by atoms with van der Waals surface area (Å²) in [6, 6.07) is 61.0. The highest BCUT2D eigenvalue weighted by Gasteiger charge is 2.16. The molecular weight excluding hydrogens is 711 g/mol. The molecule has 0 atom stereocenters. The topological polar surface area (TPSA) is 3.24 Å². The van der Waals surface area contributed by atoms with Gasteiger partial charge in [-0.1, -0.05) is 206 Å². The molecule has 0 heterocycles. The lowest BCUT2D eigenvalue weighted by molar-refractivity contribution is 1.28. The van der Waals surface area contributed by atoms with Gasteiger partial charge in [-0.25, -0.2) is 0 Å². The molecule has 0 aromatic heterocycles. The molecule has 1 heteroatoms. The Hall–Kier alpha value is -7.74. The predicted molar refractivity (Wildman–Crippen MR) is 251 cm³/mol. The van der Waals surface area contributed by atoms with Crippen LogP contribution >= 0.6 is 0 Å². The van der Waals surface area contributed by atoms with E-state index in [2.05, 4.69) is 24.3 Å². The Bertz CT molecular complexity index is 3410. The molecule has 10 aromatic rings. The number of nitrogens with zero attached hydrogens (tertiary/aromatic N) is 1. The summed E-state index contributed by atoms with van der Waals surface area (Å²) in [6.07, 6.45) is 0. The minimum absolute atomic E-state index is 0.102. The maximum Gasteiger partial charge on any atom is 0.0645 e. The number of rotatable bonds is 9. The zero-order chi connectivity index (χ0) is 46.3. The Morgan fingerprint density at radius 3 is 1.27 bits per heavy atom. The van der Waals surface area contributed by atoms with E-state index in [0.29, 0.717) is 16.8 Å². The van der Waals surface area contributed by atoms with Crippen molar-refractivity contribution >= 4 is 27.8 Å². The van der Waals surface area contributed by atoms with Crippen LogP contribution in [0, 0.1) is 0 Å². The van der Waals surface area contributed by atoms with Crippen molar-refractivity contribution < 1.29 is 11.0 Å². The van der Waals surface area contributed by atoms with Crippen molar-refractivity contribution in [1.82, 2.24) is 0 Å². The fourth-order valence-electron chi connectivity index (χ4n) is 7.65. The number of anilines is 3. The van der Waals surface area contributed by atoms with Gasteiger partial charge in [0.1, 0.15) is 0 Å². The molecular formula is C58H41N. The van der Waals surface area contributed by atoms with E-state index in [9.17, 15) is 11.0 Å². The van der Waals surface area contributed by atoms with Crippen molar-refractivity contribution in [2.24, 2.45) is 0 Å². The maximum absolute atomic E-state index is 9.74. The molecule has 10 aromatic carbocycles. The van der Waals surface area contributed by atoms with Gasteiger partial charge in [-0.3, -0.25) is 0 Å². The average molecular weight is 760 g/mol. The molecule has 0 N–H and O–H groups in total. The van der Waals surface area contributed by atoms with Gasteiger partial charge in [0.15, 0.2) is 0 Å². The van der Waals surface area contributed by atoms with Crippen LogP contribution in [0.2, 0.25) is 0 Å². The van der Waals surface area contributed by atoms with E-state index in [0.717, 1.165) is 55.3 Å². The van der Waals surface area contributed by atoms with E-state index in [1.54, 1.807) is 18.2 Å². The van der Waals surface area contributed by atoms with Gasteiger partial charge in [-0.15, -0.1) is 0 Å². The van der Waals surface area contributed by atoms with Crippen LogP contribution in [0.1, 0.15) is 11.0 Å². The van der Waals surface area contributed by atoms with Crippen molar-refractivity contribution in [3.63, 3.8) is 0 Å². The average Bonchev–Trinajstić information content (AvgIpc) is 3.38. The van der Waals surface area contributed by atoms with Gasteiger partial charge in [0.05, 0.1) is 11.0 Å². The van der Waals surface area contributed by atoms with Crippen molar-refractivity contribution in [1.29, 1.82) is 0 Å². The highest BCUT2D eigenvalue weighted by molar-refractivity contribution is 6.04. The SMILES string of the molecule is [2H]c1c([2H])c(N(c2ccc(-c3ccc(-c4ccccc4)cc3)cc2)c2c([2H])c([2H])c(-c3ccc4ccccc4c3-c3ccccc3)c([2H])c2[2H])c([2H])c([2H])c1-c1cccc(-c2ccccc2)c1. The van der Waals surface area contributed by atoms with Gasteiger partial charge >= 0.3 is 0 Å². The van der Waals surface area contributed by atoms with Gasteiger partial charge in [-0.2, -0.15) is 0 Å². The predicted octanol–water partition coefficient (Wildman–Crippen LogP) is 16.3. The zero-order valence-corrected chi connectivity index (χ0v) is 32.0. The van der Waals surface area contributed by atoms with E-state index in [1.165, 1.54) is 4.90 Å². The Kier molecular flexibility index (Phi) is 7.54. The van der Waals surface area contributed by atoms with Crippen LogP contribution < -0.4 is 4.90 Å². The highest BCUT2D eigenvalue weighted by atomic mass is 15.1. The molecule has 278 valence electrons. The highest BCUT2D eigenvalue weighted by Crippen LogP contribution is 2.41. The second kappa shape index (κ2) is 16.0. The molecule has 1 nitrogen and oxygen atoms in total. The third kappa shape index (κ3) is 7.34. The van der Waals surface area contributed by atoms with Crippen LogP contribution in [0.15, 0.2) is 249 Å². The summed E-state index contributed by atoms with van der Waals surface area (Å²) in [6.45, 7) is 0. The minimum Gasteiger partial charge on any atom is -0.311 e. The summed E-state index contributed by atoms with van der Waals surface area (Å²) in [5, 5.41) is 1.85. The van der Waals surface area contributed by atoms with Crippen LogP contribution in [0.5, 0.6) is 0 Å². The second-order valence-electron chi connectivity index (χ2n) is 14.3. The molecule has 59 heavy (non-hydrogen) atoms. The lowest BCUT2D eigenvalue weighted by Gasteiger charge is -2.26. The first-order valence-corrected chi connectivity index (χ1v) is 19.6. The number of hydrogen-bond acceptors (Lipinski definition) is 1. The van der Waals surface area contributed by atoms with Gasteiger partial charge in [0.2, 0.25) is 0 Å². The van der Waals surface area contributed by atoms with E-state index >= 15 is 0 Å². The van der Waals surface area contributed by atoms with E-state index in [4.69, 9.17) is 0 Å². The third-order valence-electron chi connectivity index (χ3n) is 10.6. The molecule has 0 aliphatic heterocycles. The van der Waals surface area contributed by atoms with E-state index < -0.39 is 24.2 Å². The van der Waals surface area contributed by atoms with Crippen LogP contribution in [-0.2, 0) is 0 Å². The molecule has 0 aliphatic rings. The summed E-state index contributed by atoms with van der Waals surface area (Å²) in [4.78, 5) is 1.36. The van der Waals surface area contributed by atoms with Crippen molar-refractivity contribution in [2.45, 2.75) is 0 Å². The van der Waals surface area contributed by atoms with Crippen LogP contribution in [0.3, 0.4) is 0 Å². The Morgan fingerprint density at radius 1 is 0.271 bits per heavy atom. The monoisotopic (exact) mass is 759 g/mol. The first kappa shape index (κ1) is 27.8. The molecule has 0 fully saturated rings. The maximum atomic E-state index is 9.74. The summed E-state index contributed by atoms with van der Waals surface area (Å²) >= 11 is 0. The molecule has 10 rings (SSSR count). The van der Waals surface area contributed by atoms with Crippen LogP contribution in [0.25, 0.3) is 77.5 Å². The van der Waals surface area contributed by atoms with Crippen molar-refractivity contribution in [3.05, 3.63) is 249 Å². The van der Waals surface area contributed by atoms with Gasteiger partial charge in [-0.05, 0) is 120 Å². The summed E-state index contributed by atoms with van der Waals surface area (Å²) < 4.78 is 77.0. The fourth-order valence-corrected chi connectivity index (χ4v) is 7.65. The van der Waals surface area contributed by atoms with E-state index in [-0.39, 0.29) is 46.7 Å². The second-order valence-corrected chi connectivity index (χ2v) is 14.3. The quantitative estimate of drug-likeness (QED) is 0.142. The zero-order valence-electron chi connectivity index (χ0n) is 40.0. The molecule has 0 aliphatic carbocycles. The van der Waals surface area contributed by atoms with Crippen molar-refractivity contribution in [3.8, 4) is 66.8 Å². The minimum atomic E-state index is -0.403. The lowest BCUT2D eigenvalue weighted by atomic mass is 9.90. The molecule has 0 unspecified atom stereocenters. The largest absolute Gasteiger partial charge is 0.311 e. The van der Waals surface area contributed by atoms with Gasteiger partial charge in [0.25, 0.3) is 0 Å². The smallest absolute Gasteiger partial charge is 0.0645 e. The number of benzene rings is 10. The summed E-state index contributed by atoms with van der Waals surface area (Å²) in [5.74, 6) is 0. The first-order chi connectivity index (χ1) is 32.6. The summed E-state index contributed by atoms with van der Waals surface area (Å²) in [7, 11) is 0. The summed E-state index contributed by atoms with van der Waals surface area (Å²) in [5.41, 5.74) is 8.49. The normalized spacial score (nSPS) is 12.9. The molecule has 0 amide bonds. The van der Waals surface area contributed by atoms with Crippen LogP contribution in [-0.4, -0.2) is 0 Å². The first-order valence-electron chi connectivity index (χ1n) is 23.6. The third-order valence-corrected chi connectivity index (χ3v) is 10.6. The number of fused-ring (bicyclic) bond motifs is 1. The van der Waals surface area contributed by atoms with Crippen molar-refractivity contribution in [2.75, 3.05) is 4.90 Å². The Morgan fingerprint density at radius 2 is 0.695 bits per heavy atom. The Balaban J connectivity index is 1.17. The van der Waals surface area contributed by atoms with Gasteiger partial charge in [0, 0.05) is 17.1 Å². The molecule has 0 radical (unpaired) electrons. The number of hydrogen-bond donors (Lipinski definition) is 0. The van der Waals surface area contributed by atoms with Crippen LogP contribution in [0.4, 0.5) is 17.1 Å². The standard InChI is InChI=1S/C58H41N/c1-4-13-42(14-5-1)44-23-25-45(26-24-44)46-27-34-53(35-28-46)59(54-36-29-47(30-37-54)52-21-12-20-51(41-52)43-15-6-2-7-16-43)55-38-31-49(32-39-55)57-40-33-48-17-10-11-22-56(48)58(57)50-18-8-3-9-19-50/h1-41H/i29D,30D,31D,32D,36D,37D,38D,39D. The van der Waals surface area contributed by atoms with E-state index in [1.807, 2.05) is 158 Å².